The number of ether oxygens (including phenoxy) is 1. The Labute approximate surface area is 122 Å². The predicted molar refractivity (Wildman–Crippen MR) is 73.0 cm³/mol. The van der Waals surface area contributed by atoms with Crippen molar-refractivity contribution in [1.29, 1.82) is 0 Å². The molecule has 0 aliphatic heterocycles. The number of rotatable bonds is 4. The molecule has 1 aliphatic carbocycles. The zero-order valence-corrected chi connectivity index (χ0v) is 12.2. The first-order valence-corrected chi connectivity index (χ1v) is 6.96. The van der Waals surface area contributed by atoms with Crippen LogP contribution in [-0.4, -0.2) is 36.0 Å². The van der Waals surface area contributed by atoms with Gasteiger partial charge in [-0.25, -0.2) is 0 Å². The van der Waals surface area contributed by atoms with Gasteiger partial charge in [-0.2, -0.15) is 0 Å². The number of aliphatic hydroxyl groups excluding tert-OH is 1. The molecular weight excluding hydrogens is 283 g/mol. The van der Waals surface area contributed by atoms with Gasteiger partial charge in [0, 0.05) is 0 Å². The molecule has 6 heteroatoms. The monoisotopic (exact) mass is 303 g/mol. The molecule has 1 N–H and O–H groups in total. The van der Waals surface area contributed by atoms with Crippen molar-refractivity contribution in [2.45, 2.75) is 43.7 Å². The average Bonchev–Trinajstić information content (AvgIpc) is 2.86. The number of alkyl halides is 3. The highest BCUT2D eigenvalue weighted by atomic mass is 19.4. The van der Waals surface area contributed by atoms with Crippen LogP contribution in [0.3, 0.4) is 0 Å². The molecule has 2 rings (SSSR count). The average molecular weight is 303 g/mol. The number of likely N-dealkylation sites (N-methyl/N-ethyl adjacent to an activating group) is 1. The van der Waals surface area contributed by atoms with Crippen molar-refractivity contribution in [1.82, 2.24) is 4.90 Å². The molecule has 0 saturated heterocycles. The maximum Gasteiger partial charge on any atom is 0.573 e. The smallest absolute Gasteiger partial charge is 0.406 e. The van der Waals surface area contributed by atoms with Gasteiger partial charge in [0.25, 0.3) is 0 Å². The number of halogens is 3. The van der Waals surface area contributed by atoms with E-state index in [1.807, 2.05) is 19.0 Å². The van der Waals surface area contributed by atoms with Crippen LogP contribution in [0, 0.1) is 0 Å². The molecule has 21 heavy (non-hydrogen) atoms. The molecule has 1 aromatic rings. The van der Waals surface area contributed by atoms with Crippen molar-refractivity contribution < 1.29 is 23.0 Å². The van der Waals surface area contributed by atoms with Crippen molar-refractivity contribution in [3.63, 3.8) is 0 Å². The molecular formula is C15H20F3NO2. The van der Waals surface area contributed by atoms with E-state index in [1.165, 1.54) is 18.2 Å². The second-order valence-electron chi connectivity index (χ2n) is 5.73. The van der Waals surface area contributed by atoms with Crippen molar-refractivity contribution in [3.05, 3.63) is 29.8 Å². The first-order chi connectivity index (χ1) is 9.74. The lowest BCUT2D eigenvalue weighted by molar-refractivity contribution is -0.274. The van der Waals surface area contributed by atoms with Crippen LogP contribution in [0.15, 0.2) is 24.3 Å². The number of nitrogens with zero attached hydrogens (tertiary/aromatic N) is 1. The molecule has 3 nitrogen and oxygen atoms in total. The van der Waals surface area contributed by atoms with Crippen LogP contribution in [0.5, 0.6) is 5.75 Å². The Balaban J connectivity index is 2.26. The van der Waals surface area contributed by atoms with Crippen LogP contribution in [0.4, 0.5) is 13.2 Å². The largest absolute Gasteiger partial charge is 0.573 e. The maximum absolute atomic E-state index is 12.3. The van der Waals surface area contributed by atoms with Gasteiger partial charge in [0.15, 0.2) is 0 Å². The van der Waals surface area contributed by atoms with Crippen molar-refractivity contribution in [2.75, 3.05) is 14.1 Å². The van der Waals surface area contributed by atoms with E-state index in [-0.39, 0.29) is 5.75 Å². The second-order valence-corrected chi connectivity index (χ2v) is 5.73. The summed E-state index contributed by atoms with van der Waals surface area (Å²) >= 11 is 0. The Bertz CT molecular complexity index is 482. The third kappa shape index (κ3) is 3.49. The zero-order valence-electron chi connectivity index (χ0n) is 12.2. The van der Waals surface area contributed by atoms with E-state index in [0.29, 0.717) is 5.56 Å². The highest BCUT2D eigenvalue weighted by molar-refractivity contribution is 5.32. The number of benzene rings is 1. The first-order valence-electron chi connectivity index (χ1n) is 6.96. The Morgan fingerprint density at radius 3 is 2.38 bits per heavy atom. The lowest BCUT2D eigenvalue weighted by Gasteiger charge is -2.40. The molecule has 1 saturated carbocycles. The van der Waals surface area contributed by atoms with Gasteiger partial charge in [0.2, 0.25) is 0 Å². The van der Waals surface area contributed by atoms with Gasteiger partial charge in [0.05, 0.1) is 11.6 Å². The van der Waals surface area contributed by atoms with Gasteiger partial charge in [-0.05, 0) is 44.6 Å². The van der Waals surface area contributed by atoms with Crippen molar-refractivity contribution in [3.8, 4) is 5.75 Å². The van der Waals surface area contributed by atoms with Crippen molar-refractivity contribution >= 4 is 0 Å². The van der Waals surface area contributed by atoms with E-state index in [4.69, 9.17) is 0 Å². The van der Waals surface area contributed by atoms with Crippen molar-refractivity contribution in [2.24, 2.45) is 0 Å². The van der Waals surface area contributed by atoms with Gasteiger partial charge in [-0.1, -0.05) is 25.0 Å². The topological polar surface area (TPSA) is 32.7 Å². The highest BCUT2D eigenvalue weighted by Gasteiger charge is 2.43. The molecule has 1 aliphatic rings. The minimum absolute atomic E-state index is 0.300. The van der Waals surface area contributed by atoms with E-state index in [1.54, 1.807) is 6.07 Å². The summed E-state index contributed by atoms with van der Waals surface area (Å²) < 4.78 is 40.8. The Hall–Kier alpha value is -1.27. The van der Waals surface area contributed by atoms with Crippen LogP contribution in [0.1, 0.15) is 37.4 Å². The van der Waals surface area contributed by atoms with Gasteiger partial charge >= 0.3 is 6.36 Å². The van der Waals surface area contributed by atoms with Crippen LogP contribution in [0.2, 0.25) is 0 Å². The number of aliphatic hydroxyl groups is 1. The molecule has 0 aromatic heterocycles. The fraction of sp³-hybridized carbons (Fsp3) is 0.600. The molecule has 0 spiro atoms. The van der Waals surface area contributed by atoms with E-state index in [2.05, 4.69) is 4.74 Å². The van der Waals surface area contributed by atoms with Gasteiger partial charge in [-0.3, -0.25) is 0 Å². The minimum atomic E-state index is -4.73. The third-order valence-electron chi connectivity index (χ3n) is 4.28. The lowest BCUT2D eigenvalue weighted by atomic mass is 9.84. The zero-order chi connectivity index (χ0) is 15.7. The Morgan fingerprint density at radius 2 is 1.86 bits per heavy atom. The molecule has 1 aromatic carbocycles. The van der Waals surface area contributed by atoms with Crippen LogP contribution in [0.25, 0.3) is 0 Å². The van der Waals surface area contributed by atoms with Gasteiger partial charge < -0.3 is 14.7 Å². The summed E-state index contributed by atoms with van der Waals surface area (Å²) in [4.78, 5) is 1.97. The fourth-order valence-corrected chi connectivity index (χ4v) is 3.14. The summed E-state index contributed by atoms with van der Waals surface area (Å²) in [5, 5.41) is 10.7. The second kappa shape index (κ2) is 5.85. The normalized spacial score (nSPS) is 19.8. The van der Waals surface area contributed by atoms with E-state index < -0.39 is 18.0 Å². The molecule has 0 bridgehead atoms. The summed E-state index contributed by atoms with van der Waals surface area (Å²) in [5.41, 5.74) is 0.0315. The first kappa shape index (κ1) is 16.1. The highest BCUT2D eigenvalue weighted by Crippen LogP contribution is 2.43. The molecule has 0 heterocycles. The summed E-state index contributed by atoms with van der Waals surface area (Å²) in [6.45, 7) is 0. The Kier molecular flexibility index (Phi) is 4.49. The van der Waals surface area contributed by atoms with Gasteiger partial charge in [0.1, 0.15) is 5.75 Å². The van der Waals surface area contributed by atoms with Crippen LogP contribution >= 0.6 is 0 Å². The standard InChI is InChI=1S/C15H20F3NO2/c1-19(2)14(8-3-4-9-14)13(20)11-6-5-7-12(10-11)21-15(16,17)18/h5-7,10,13,20H,3-4,8-9H2,1-2H3. The molecule has 118 valence electrons. The fourth-order valence-electron chi connectivity index (χ4n) is 3.14. The molecule has 0 amide bonds. The van der Waals surface area contributed by atoms with Crippen LogP contribution in [-0.2, 0) is 0 Å². The predicted octanol–water partition coefficient (Wildman–Crippen LogP) is 3.49. The molecule has 1 fully saturated rings. The SMILES string of the molecule is CN(C)C1(C(O)c2cccc(OC(F)(F)F)c2)CCCC1. The molecule has 1 unspecified atom stereocenters. The summed E-state index contributed by atoms with van der Waals surface area (Å²) in [6, 6.07) is 5.61. The summed E-state index contributed by atoms with van der Waals surface area (Å²) in [7, 11) is 3.79. The van der Waals surface area contributed by atoms with E-state index in [9.17, 15) is 18.3 Å². The summed E-state index contributed by atoms with van der Waals surface area (Å²) in [6.07, 6.45) is -1.90. The number of hydrogen-bond donors (Lipinski definition) is 1. The quantitative estimate of drug-likeness (QED) is 0.924. The third-order valence-corrected chi connectivity index (χ3v) is 4.28. The van der Waals surface area contributed by atoms with Gasteiger partial charge in [-0.15, -0.1) is 13.2 Å². The Morgan fingerprint density at radius 1 is 1.24 bits per heavy atom. The number of hydrogen-bond acceptors (Lipinski definition) is 3. The van der Waals surface area contributed by atoms with E-state index >= 15 is 0 Å². The molecule has 0 radical (unpaired) electrons. The summed E-state index contributed by atoms with van der Waals surface area (Å²) in [5.74, 6) is -0.300. The maximum atomic E-state index is 12.3. The minimum Gasteiger partial charge on any atom is -0.406 e. The van der Waals surface area contributed by atoms with Crippen LogP contribution < -0.4 is 4.74 Å². The lowest BCUT2D eigenvalue weighted by Crippen LogP contribution is -2.47. The van der Waals surface area contributed by atoms with E-state index in [0.717, 1.165) is 25.7 Å². The molecule has 1 atom stereocenters.